The largest absolute Gasteiger partial charge is 0.326 e. The molecule has 146 valence electrons. The average Bonchev–Trinajstić information content (AvgIpc) is 2.63. The van der Waals surface area contributed by atoms with E-state index in [1.807, 2.05) is 0 Å². The number of amides is 1. The Kier molecular flexibility index (Phi) is 4.52. The Morgan fingerprint density at radius 3 is 2.30 bits per heavy atom. The number of benzene rings is 1. The van der Waals surface area contributed by atoms with Gasteiger partial charge in [0.25, 0.3) is 0 Å². The zero-order valence-corrected chi connectivity index (χ0v) is 16.6. The maximum Gasteiger partial charge on any atom is 0.230 e. The standard InChI is InChI=1S/C23H33N3O/c1-25-5-7-26(8-6-25)16-17-3-2-4-21(12-17)24-22(27)23-13-18-9-19(14-23)11-20(10-18)15-23/h2-4,12,18-20H,5-11,13-16H2,1H3,(H,24,27). The number of piperazine rings is 1. The molecule has 4 aliphatic carbocycles. The van der Waals surface area contributed by atoms with Gasteiger partial charge in [-0.1, -0.05) is 12.1 Å². The van der Waals surface area contributed by atoms with Crippen LogP contribution in [-0.4, -0.2) is 48.9 Å². The molecule has 0 atom stereocenters. The Morgan fingerprint density at radius 1 is 1.04 bits per heavy atom. The second-order valence-electron chi connectivity index (χ2n) is 9.93. The van der Waals surface area contributed by atoms with E-state index in [9.17, 15) is 4.79 Å². The van der Waals surface area contributed by atoms with Gasteiger partial charge in [-0.25, -0.2) is 0 Å². The molecule has 0 aromatic heterocycles. The van der Waals surface area contributed by atoms with E-state index in [0.29, 0.717) is 5.91 Å². The molecule has 4 bridgehead atoms. The lowest BCUT2D eigenvalue weighted by atomic mass is 9.49. The van der Waals surface area contributed by atoms with Crippen LogP contribution in [0.2, 0.25) is 0 Å². The van der Waals surface area contributed by atoms with Crippen molar-refractivity contribution in [2.45, 2.75) is 45.1 Å². The van der Waals surface area contributed by atoms with Crippen LogP contribution in [0.1, 0.15) is 44.1 Å². The predicted molar refractivity (Wildman–Crippen MR) is 108 cm³/mol. The Morgan fingerprint density at radius 2 is 1.67 bits per heavy atom. The number of nitrogens with zero attached hydrogens (tertiary/aromatic N) is 2. The van der Waals surface area contributed by atoms with Gasteiger partial charge in [0, 0.05) is 38.4 Å². The first-order valence-corrected chi connectivity index (χ1v) is 10.9. The second-order valence-corrected chi connectivity index (χ2v) is 9.93. The van der Waals surface area contributed by atoms with Gasteiger partial charge in [-0.15, -0.1) is 0 Å². The molecule has 4 nitrogen and oxygen atoms in total. The topological polar surface area (TPSA) is 35.6 Å². The highest BCUT2D eigenvalue weighted by Crippen LogP contribution is 2.60. The van der Waals surface area contributed by atoms with E-state index in [-0.39, 0.29) is 5.41 Å². The molecule has 0 spiro atoms. The zero-order valence-electron chi connectivity index (χ0n) is 16.6. The van der Waals surface area contributed by atoms with E-state index in [0.717, 1.165) is 75.4 Å². The summed E-state index contributed by atoms with van der Waals surface area (Å²) in [6.07, 6.45) is 7.54. The molecule has 4 heteroatoms. The van der Waals surface area contributed by atoms with Gasteiger partial charge in [-0.05, 0) is 81.0 Å². The minimum absolute atomic E-state index is 0.0673. The van der Waals surface area contributed by atoms with Crippen molar-refractivity contribution in [2.24, 2.45) is 23.2 Å². The second kappa shape index (κ2) is 6.89. The van der Waals surface area contributed by atoms with E-state index in [1.165, 1.54) is 24.8 Å². The molecule has 0 unspecified atom stereocenters. The van der Waals surface area contributed by atoms with Gasteiger partial charge in [-0.2, -0.15) is 0 Å². The Bertz CT molecular complexity index is 672. The number of hydrogen-bond donors (Lipinski definition) is 1. The number of nitrogens with one attached hydrogen (secondary N) is 1. The number of carbonyl (C=O) groups excluding carboxylic acids is 1. The Balaban J connectivity index is 1.25. The average molecular weight is 368 g/mol. The number of hydrogen-bond acceptors (Lipinski definition) is 3. The van der Waals surface area contributed by atoms with Gasteiger partial charge in [-0.3, -0.25) is 9.69 Å². The minimum Gasteiger partial charge on any atom is -0.326 e. The van der Waals surface area contributed by atoms with Gasteiger partial charge in [0.2, 0.25) is 5.91 Å². The predicted octanol–water partition coefficient (Wildman–Crippen LogP) is 3.59. The van der Waals surface area contributed by atoms with Crippen LogP contribution in [0.25, 0.3) is 0 Å². The van der Waals surface area contributed by atoms with Crippen LogP contribution >= 0.6 is 0 Å². The number of anilines is 1. The van der Waals surface area contributed by atoms with Crippen molar-refractivity contribution in [3.63, 3.8) is 0 Å². The highest BCUT2D eigenvalue weighted by molar-refractivity contribution is 5.95. The third kappa shape index (κ3) is 3.54. The molecule has 27 heavy (non-hydrogen) atoms. The Hall–Kier alpha value is -1.39. The third-order valence-corrected chi connectivity index (χ3v) is 7.71. The van der Waals surface area contributed by atoms with Crippen molar-refractivity contribution in [1.29, 1.82) is 0 Å². The minimum atomic E-state index is -0.0673. The molecule has 1 N–H and O–H groups in total. The summed E-state index contributed by atoms with van der Waals surface area (Å²) in [5, 5.41) is 3.32. The summed E-state index contributed by atoms with van der Waals surface area (Å²) in [4.78, 5) is 18.2. The maximum absolute atomic E-state index is 13.3. The molecule has 6 rings (SSSR count). The van der Waals surface area contributed by atoms with Crippen LogP contribution in [0.5, 0.6) is 0 Å². The summed E-state index contributed by atoms with van der Waals surface area (Å²) in [7, 11) is 2.19. The monoisotopic (exact) mass is 367 g/mol. The molecular weight excluding hydrogens is 334 g/mol. The van der Waals surface area contributed by atoms with E-state index in [2.05, 4.69) is 46.4 Å². The molecule has 1 amide bonds. The summed E-state index contributed by atoms with van der Waals surface area (Å²) < 4.78 is 0. The molecular formula is C23H33N3O. The van der Waals surface area contributed by atoms with Crippen LogP contribution < -0.4 is 5.32 Å². The van der Waals surface area contributed by atoms with Gasteiger partial charge in [0.1, 0.15) is 0 Å². The highest BCUT2D eigenvalue weighted by Gasteiger charge is 2.54. The summed E-state index contributed by atoms with van der Waals surface area (Å²) >= 11 is 0. The first-order valence-electron chi connectivity index (χ1n) is 10.9. The van der Waals surface area contributed by atoms with Crippen LogP contribution in [-0.2, 0) is 11.3 Å². The third-order valence-electron chi connectivity index (χ3n) is 7.71. The fourth-order valence-electron chi connectivity index (χ4n) is 6.66. The normalized spacial score (nSPS) is 36.1. The van der Waals surface area contributed by atoms with E-state index < -0.39 is 0 Å². The summed E-state index contributed by atoms with van der Waals surface area (Å²) in [5.74, 6) is 2.74. The number of carbonyl (C=O) groups is 1. The van der Waals surface area contributed by atoms with Crippen LogP contribution in [0, 0.1) is 23.2 Å². The van der Waals surface area contributed by atoms with Gasteiger partial charge < -0.3 is 10.2 Å². The van der Waals surface area contributed by atoms with Crippen molar-refractivity contribution in [3.05, 3.63) is 29.8 Å². The smallest absolute Gasteiger partial charge is 0.230 e. The molecule has 1 saturated heterocycles. The molecule has 5 aliphatic rings. The van der Waals surface area contributed by atoms with Crippen LogP contribution in [0.15, 0.2) is 24.3 Å². The summed E-state index contributed by atoms with van der Waals surface area (Å²) in [6.45, 7) is 5.51. The Labute approximate surface area is 163 Å². The fraction of sp³-hybridized carbons (Fsp3) is 0.696. The molecule has 1 aromatic carbocycles. The van der Waals surface area contributed by atoms with Gasteiger partial charge in [0.15, 0.2) is 0 Å². The lowest BCUT2D eigenvalue weighted by Crippen LogP contribution is -2.51. The summed E-state index contributed by atoms with van der Waals surface area (Å²) in [6, 6.07) is 8.54. The molecule has 1 aromatic rings. The maximum atomic E-state index is 13.3. The molecule has 0 radical (unpaired) electrons. The van der Waals surface area contributed by atoms with Crippen molar-refractivity contribution in [2.75, 3.05) is 38.5 Å². The lowest BCUT2D eigenvalue weighted by molar-refractivity contribution is -0.140. The van der Waals surface area contributed by atoms with Crippen molar-refractivity contribution < 1.29 is 4.79 Å². The van der Waals surface area contributed by atoms with Crippen molar-refractivity contribution in [3.8, 4) is 0 Å². The van der Waals surface area contributed by atoms with E-state index in [1.54, 1.807) is 0 Å². The molecule has 4 saturated carbocycles. The molecule has 5 fully saturated rings. The van der Waals surface area contributed by atoms with Crippen LogP contribution in [0.4, 0.5) is 5.69 Å². The summed E-state index contributed by atoms with van der Waals surface area (Å²) in [5.41, 5.74) is 2.23. The van der Waals surface area contributed by atoms with Crippen molar-refractivity contribution >= 4 is 11.6 Å². The van der Waals surface area contributed by atoms with E-state index in [4.69, 9.17) is 0 Å². The number of rotatable bonds is 4. The quantitative estimate of drug-likeness (QED) is 0.883. The molecule has 1 heterocycles. The fourth-order valence-corrected chi connectivity index (χ4v) is 6.66. The van der Waals surface area contributed by atoms with Gasteiger partial charge >= 0.3 is 0 Å². The van der Waals surface area contributed by atoms with E-state index >= 15 is 0 Å². The SMILES string of the molecule is CN1CCN(Cc2cccc(NC(=O)C34CC5CC(CC(C5)C3)C4)c2)CC1. The highest BCUT2D eigenvalue weighted by atomic mass is 16.2. The lowest BCUT2D eigenvalue weighted by Gasteiger charge is -2.55. The van der Waals surface area contributed by atoms with Crippen molar-refractivity contribution in [1.82, 2.24) is 9.80 Å². The molecule has 1 aliphatic heterocycles. The first-order chi connectivity index (χ1) is 13.1. The number of likely N-dealkylation sites (N-methyl/N-ethyl adjacent to an activating group) is 1. The van der Waals surface area contributed by atoms with Gasteiger partial charge in [0.05, 0.1) is 5.41 Å². The van der Waals surface area contributed by atoms with Crippen LogP contribution in [0.3, 0.4) is 0 Å². The zero-order chi connectivity index (χ0) is 18.4. The first kappa shape index (κ1) is 17.7.